The first-order valence-electron chi connectivity index (χ1n) is 15.8. The fourth-order valence-electron chi connectivity index (χ4n) is 4.94. The predicted molar refractivity (Wildman–Crippen MR) is 176 cm³/mol. The average molecular weight is 624 g/mol. The summed E-state index contributed by atoms with van der Waals surface area (Å²) in [5.74, 6) is -1.79. The van der Waals surface area contributed by atoms with Crippen molar-refractivity contribution in [3.63, 3.8) is 0 Å². The summed E-state index contributed by atoms with van der Waals surface area (Å²) in [6, 6.07) is 13.2. The lowest BCUT2D eigenvalue weighted by atomic mass is 9.93. The highest BCUT2D eigenvalue weighted by atomic mass is 16.6. The Hall–Kier alpha value is -3.88. The Kier molecular flexibility index (Phi) is 13.2. The van der Waals surface area contributed by atoms with Crippen molar-refractivity contribution in [2.45, 2.75) is 124 Å². The van der Waals surface area contributed by atoms with Crippen LogP contribution in [0.3, 0.4) is 0 Å². The first-order chi connectivity index (χ1) is 20.8. The molecule has 45 heavy (non-hydrogen) atoms. The predicted octanol–water partition coefficient (Wildman–Crippen LogP) is 6.28. The Morgan fingerprint density at radius 1 is 0.800 bits per heavy atom. The number of nitrogens with zero attached hydrogens (tertiary/aromatic N) is 1. The van der Waals surface area contributed by atoms with Gasteiger partial charge in [-0.3, -0.25) is 9.59 Å². The van der Waals surface area contributed by atoms with Crippen LogP contribution in [0, 0.1) is 12.8 Å². The number of carbonyl (C=O) groups is 4. The van der Waals surface area contributed by atoms with E-state index in [1.807, 2.05) is 89.2 Å². The third-order valence-electron chi connectivity index (χ3n) is 7.26. The fourth-order valence-corrected chi connectivity index (χ4v) is 4.94. The molecule has 0 saturated carbocycles. The summed E-state index contributed by atoms with van der Waals surface area (Å²) < 4.78 is 11.2. The summed E-state index contributed by atoms with van der Waals surface area (Å²) in [7, 11) is 0. The van der Waals surface area contributed by atoms with E-state index in [-0.39, 0.29) is 12.3 Å². The number of carbonyl (C=O) groups excluding carboxylic acids is 4. The molecule has 4 atom stereocenters. The van der Waals surface area contributed by atoms with E-state index in [4.69, 9.17) is 9.47 Å². The SMILES string of the molecule is CCC(C)C(NC(=O)OC(C)(C)C)C(=O)N(C(C)C)C(C(=O)NC(Cc1ccccc1)C(=O)OC(C)(C)C)c1ccccc1C. The molecule has 9 nitrogen and oxygen atoms in total. The molecule has 0 aliphatic rings. The van der Waals surface area contributed by atoms with Gasteiger partial charge in [0.25, 0.3) is 0 Å². The van der Waals surface area contributed by atoms with E-state index in [0.29, 0.717) is 12.0 Å². The molecule has 0 aliphatic carbocycles. The van der Waals surface area contributed by atoms with Gasteiger partial charge in [-0.25, -0.2) is 9.59 Å². The Morgan fingerprint density at radius 2 is 1.36 bits per heavy atom. The molecule has 248 valence electrons. The second kappa shape index (κ2) is 15.9. The van der Waals surface area contributed by atoms with Gasteiger partial charge in [-0.05, 0) is 84.9 Å². The van der Waals surface area contributed by atoms with Gasteiger partial charge in [0.15, 0.2) is 0 Å². The van der Waals surface area contributed by atoms with Crippen LogP contribution >= 0.6 is 0 Å². The van der Waals surface area contributed by atoms with Crippen LogP contribution in [0.15, 0.2) is 54.6 Å². The number of rotatable bonds is 12. The van der Waals surface area contributed by atoms with E-state index < -0.39 is 59.2 Å². The van der Waals surface area contributed by atoms with Gasteiger partial charge in [0, 0.05) is 12.5 Å². The molecule has 0 aromatic heterocycles. The van der Waals surface area contributed by atoms with E-state index >= 15 is 0 Å². The molecule has 0 aliphatic heterocycles. The second-order valence-electron chi connectivity index (χ2n) is 13.9. The first kappa shape index (κ1) is 37.3. The maximum Gasteiger partial charge on any atom is 0.408 e. The Bertz CT molecular complexity index is 1300. The van der Waals surface area contributed by atoms with Gasteiger partial charge in [-0.2, -0.15) is 0 Å². The maximum atomic E-state index is 14.5. The second-order valence-corrected chi connectivity index (χ2v) is 13.9. The first-order valence-corrected chi connectivity index (χ1v) is 15.8. The Labute approximate surface area is 269 Å². The van der Waals surface area contributed by atoms with Crippen molar-refractivity contribution in [1.29, 1.82) is 0 Å². The van der Waals surface area contributed by atoms with Crippen LogP contribution in [0.4, 0.5) is 4.79 Å². The Morgan fingerprint density at radius 3 is 1.87 bits per heavy atom. The zero-order valence-electron chi connectivity index (χ0n) is 28.9. The molecule has 4 unspecified atom stereocenters. The number of ether oxygens (including phenoxy) is 2. The van der Waals surface area contributed by atoms with Crippen molar-refractivity contribution in [2.24, 2.45) is 5.92 Å². The van der Waals surface area contributed by atoms with Crippen molar-refractivity contribution in [1.82, 2.24) is 15.5 Å². The highest BCUT2D eigenvalue weighted by molar-refractivity contribution is 5.94. The lowest BCUT2D eigenvalue weighted by molar-refractivity contribution is -0.159. The van der Waals surface area contributed by atoms with Crippen LogP contribution in [0.1, 0.15) is 98.4 Å². The molecular formula is C36H53N3O6. The molecule has 0 fully saturated rings. The standard InChI is InChI=1S/C36H53N3O6/c1-12-24(4)29(38-34(43)45-36(9,10)11)32(41)39(23(2)3)30(27-21-17-16-18-25(27)5)31(40)37-28(33(42)44-35(6,7)8)22-26-19-14-13-15-20-26/h13-21,23-24,28-30H,12,22H2,1-11H3,(H,37,40)(H,38,43). The van der Waals surface area contributed by atoms with Crippen LogP contribution in [0.25, 0.3) is 0 Å². The molecule has 2 rings (SSSR count). The highest BCUT2D eigenvalue weighted by Crippen LogP contribution is 2.29. The van der Waals surface area contributed by atoms with Crippen LogP contribution < -0.4 is 10.6 Å². The topological polar surface area (TPSA) is 114 Å². The summed E-state index contributed by atoms with van der Waals surface area (Å²) in [6.07, 6.45) is 0.0828. The number of hydrogen-bond donors (Lipinski definition) is 2. The zero-order valence-corrected chi connectivity index (χ0v) is 28.9. The third kappa shape index (κ3) is 11.5. The number of alkyl carbamates (subject to hydrolysis) is 1. The summed E-state index contributed by atoms with van der Waals surface area (Å²) >= 11 is 0. The van der Waals surface area contributed by atoms with Crippen molar-refractivity contribution < 1.29 is 28.7 Å². The quantitative estimate of drug-likeness (QED) is 0.269. The van der Waals surface area contributed by atoms with Gasteiger partial charge in [-0.15, -0.1) is 0 Å². The maximum absolute atomic E-state index is 14.5. The van der Waals surface area contributed by atoms with E-state index in [9.17, 15) is 19.2 Å². The molecule has 0 saturated heterocycles. The largest absolute Gasteiger partial charge is 0.458 e. The number of aryl methyl sites for hydroxylation is 1. The van der Waals surface area contributed by atoms with Crippen LogP contribution in [0.5, 0.6) is 0 Å². The molecule has 9 heteroatoms. The summed E-state index contributed by atoms with van der Waals surface area (Å²) in [6.45, 7) is 19.9. The van der Waals surface area contributed by atoms with Gasteiger partial charge in [0.05, 0.1) is 0 Å². The van der Waals surface area contributed by atoms with Gasteiger partial charge >= 0.3 is 12.1 Å². The number of benzene rings is 2. The molecular weight excluding hydrogens is 570 g/mol. The third-order valence-corrected chi connectivity index (χ3v) is 7.26. The van der Waals surface area contributed by atoms with E-state index in [0.717, 1.165) is 11.1 Å². The number of amides is 3. The van der Waals surface area contributed by atoms with E-state index in [1.54, 1.807) is 41.5 Å². The van der Waals surface area contributed by atoms with Crippen LogP contribution in [-0.4, -0.2) is 58.1 Å². The van der Waals surface area contributed by atoms with Crippen molar-refractivity contribution in [2.75, 3.05) is 0 Å². The molecule has 0 radical (unpaired) electrons. The fraction of sp³-hybridized carbons (Fsp3) is 0.556. The number of nitrogens with one attached hydrogen (secondary N) is 2. The molecule has 2 aromatic rings. The van der Waals surface area contributed by atoms with Gasteiger partial charge in [-0.1, -0.05) is 74.9 Å². The van der Waals surface area contributed by atoms with Crippen molar-refractivity contribution >= 4 is 23.9 Å². The molecule has 2 N–H and O–H groups in total. The van der Waals surface area contributed by atoms with Crippen molar-refractivity contribution in [3.05, 3.63) is 71.3 Å². The van der Waals surface area contributed by atoms with Crippen molar-refractivity contribution in [3.8, 4) is 0 Å². The van der Waals surface area contributed by atoms with E-state index in [2.05, 4.69) is 10.6 Å². The number of esters is 1. The normalized spacial score (nSPS) is 14.5. The monoisotopic (exact) mass is 623 g/mol. The zero-order chi connectivity index (χ0) is 34.1. The molecule has 3 amide bonds. The smallest absolute Gasteiger partial charge is 0.408 e. The lowest BCUT2D eigenvalue weighted by Crippen LogP contribution is -2.58. The summed E-state index contributed by atoms with van der Waals surface area (Å²) in [5, 5.41) is 5.72. The average Bonchev–Trinajstić information content (AvgIpc) is 2.92. The molecule has 2 aromatic carbocycles. The van der Waals surface area contributed by atoms with Crippen LogP contribution in [-0.2, 0) is 30.3 Å². The summed E-state index contributed by atoms with van der Waals surface area (Å²) in [5.41, 5.74) is 0.719. The molecule has 0 heterocycles. The van der Waals surface area contributed by atoms with Gasteiger partial charge < -0.3 is 25.0 Å². The van der Waals surface area contributed by atoms with Gasteiger partial charge in [0.2, 0.25) is 11.8 Å². The molecule has 0 bridgehead atoms. The molecule has 0 spiro atoms. The minimum absolute atomic E-state index is 0.202. The minimum atomic E-state index is -1.11. The van der Waals surface area contributed by atoms with Gasteiger partial charge in [0.1, 0.15) is 29.3 Å². The highest BCUT2D eigenvalue weighted by Gasteiger charge is 2.41. The van der Waals surface area contributed by atoms with Crippen LogP contribution in [0.2, 0.25) is 0 Å². The number of hydrogen-bond acceptors (Lipinski definition) is 6. The minimum Gasteiger partial charge on any atom is -0.458 e. The van der Waals surface area contributed by atoms with E-state index in [1.165, 1.54) is 4.90 Å². The summed E-state index contributed by atoms with van der Waals surface area (Å²) in [4.78, 5) is 56.8. The lowest BCUT2D eigenvalue weighted by Gasteiger charge is -2.39. The Balaban J connectivity index is 2.62.